The van der Waals surface area contributed by atoms with Crippen LogP contribution in [0.25, 0.3) is 0 Å². The predicted octanol–water partition coefficient (Wildman–Crippen LogP) is 1.10. The summed E-state index contributed by atoms with van der Waals surface area (Å²) in [7, 11) is 0. The van der Waals surface area contributed by atoms with Crippen LogP contribution in [0.2, 0.25) is 0 Å². The summed E-state index contributed by atoms with van der Waals surface area (Å²) in [5.74, 6) is 0.0825. The molecule has 0 radical (unpaired) electrons. The molecule has 2 atom stereocenters. The summed E-state index contributed by atoms with van der Waals surface area (Å²) in [5.41, 5.74) is 0. The summed E-state index contributed by atoms with van der Waals surface area (Å²) in [6.45, 7) is 0.291. The van der Waals surface area contributed by atoms with Crippen molar-refractivity contribution in [3.8, 4) is 0 Å². The van der Waals surface area contributed by atoms with E-state index in [0.29, 0.717) is 6.54 Å². The SMILES string of the molecule is OCCN(CC(F)F)CC1CCCCC1O. The van der Waals surface area contributed by atoms with Crippen LogP contribution in [0.4, 0.5) is 8.78 Å². The molecule has 5 heteroatoms. The molecule has 1 aliphatic rings. The molecule has 0 aromatic heterocycles. The van der Waals surface area contributed by atoms with Crippen molar-refractivity contribution >= 4 is 0 Å². The quantitative estimate of drug-likeness (QED) is 0.727. The van der Waals surface area contributed by atoms with Crippen LogP contribution < -0.4 is 0 Å². The molecule has 0 aromatic carbocycles. The summed E-state index contributed by atoms with van der Waals surface area (Å²) in [6, 6.07) is 0. The molecule has 1 rings (SSSR count). The van der Waals surface area contributed by atoms with Gasteiger partial charge in [-0.1, -0.05) is 12.8 Å². The van der Waals surface area contributed by atoms with Crippen molar-refractivity contribution in [2.24, 2.45) is 5.92 Å². The zero-order valence-electron chi connectivity index (χ0n) is 9.49. The van der Waals surface area contributed by atoms with Crippen LogP contribution in [0.1, 0.15) is 25.7 Å². The van der Waals surface area contributed by atoms with Crippen LogP contribution in [-0.4, -0.2) is 53.9 Å². The molecule has 2 N–H and O–H groups in total. The van der Waals surface area contributed by atoms with Crippen LogP contribution in [-0.2, 0) is 0 Å². The van der Waals surface area contributed by atoms with Crippen LogP contribution in [0.3, 0.4) is 0 Å². The van der Waals surface area contributed by atoms with E-state index in [9.17, 15) is 13.9 Å². The molecule has 0 aliphatic heterocycles. The normalized spacial score (nSPS) is 26.6. The number of rotatable bonds is 6. The number of hydrogen-bond donors (Lipinski definition) is 2. The van der Waals surface area contributed by atoms with E-state index in [0.717, 1.165) is 25.7 Å². The van der Waals surface area contributed by atoms with Gasteiger partial charge in [-0.2, -0.15) is 0 Å². The maximum Gasteiger partial charge on any atom is 0.251 e. The number of hydrogen-bond acceptors (Lipinski definition) is 3. The van der Waals surface area contributed by atoms with Crippen LogP contribution in [0.15, 0.2) is 0 Å². The van der Waals surface area contributed by atoms with E-state index < -0.39 is 6.43 Å². The Hall–Kier alpha value is -0.260. The molecule has 16 heavy (non-hydrogen) atoms. The van der Waals surface area contributed by atoms with Gasteiger partial charge in [0.05, 0.1) is 19.3 Å². The maximum absolute atomic E-state index is 12.3. The maximum atomic E-state index is 12.3. The molecule has 0 bridgehead atoms. The minimum atomic E-state index is -2.38. The van der Waals surface area contributed by atoms with Gasteiger partial charge in [-0.05, 0) is 18.8 Å². The minimum Gasteiger partial charge on any atom is -0.395 e. The first-order chi connectivity index (χ1) is 7.63. The highest BCUT2D eigenvalue weighted by atomic mass is 19.3. The first-order valence-corrected chi connectivity index (χ1v) is 5.93. The second-order valence-electron chi connectivity index (χ2n) is 4.49. The average molecular weight is 237 g/mol. The number of halogens is 2. The second-order valence-corrected chi connectivity index (χ2v) is 4.49. The van der Waals surface area contributed by atoms with Crippen LogP contribution in [0.5, 0.6) is 0 Å². The van der Waals surface area contributed by atoms with Gasteiger partial charge in [-0.3, -0.25) is 4.90 Å². The van der Waals surface area contributed by atoms with E-state index in [2.05, 4.69) is 0 Å². The van der Waals surface area contributed by atoms with E-state index in [-0.39, 0.29) is 31.7 Å². The van der Waals surface area contributed by atoms with Crippen molar-refractivity contribution in [1.29, 1.82) is 0 Å². The Morgan fingerprint density at radius 3 is 2.50 bits per heavy atom. The standard InChI is InChI=1S/C11H21F2NO2/c12-11(13)8-14(5-6-15)7-9-3-1-2-4-10(9)16/h9-11,15-16H,1-8H2. The van der Waals surface area contributed by atoms with Gasteiger partial charge in [0.25, 0.3) is 6.43 Å². The van der Waals surface area contributed by atoms with Crippen molar-refractivity contribution in [1.82, 2.24) is 4.90 Å². The van der Waals surface area contributed by atoms with Gasteiger partial charge >= 0.3 is 0 Å². The molecule has 96 valence electrons. The molecule has 0 aromatic rings. The topological polar surface area (TPSA) is 43.7 Å². The monoisotopic (exact) mass is 237 g/mol. The van der Waals surface area contributed by atoms with Gasteiger partial charge in [0.15, 0.2) is 0 Å². The third-order valence-electron chi connectivity index (χ3n) is 3.17. The Morgan fingerprint density at radius 2 is 1.94 bits per heavy atom. The van der Waals surface area contributed by atoms with Crippen LogP contribution in [0, 0.1) is 5.92 Å². The minimum absolute atomic E-state index is 0.0825. The van der Waals surface area contributed by atoms with Crippen molar-refractivity contribution < 1.29 is 19.0 Å². The summed E-state index contributed by atoms with van der Waals surface area (Å²) in [4.78, 5) is 1.55. The predicted molar refractivity (Wildman–Crippen MR) is 57.5 cm³/mol. The molecular weight excluding hydrogens is 216 g/mol. The lowest BCUT2D eigenvalue weighted by Crippen LogP contribution is -2.40. The third-order valence-corrected chi connectivity index (χ3v) is 3.17. The van der Waals surface area contributed by atoms with Gasteiger partial charge in [-0.25, -0.2) is 8.78 Å². The molecule has 2 unspecified atom stereocenters. The summed E-state index contributed by atoms with van der Waals surface area (Å²) < 4.78 is 24.5. The van der Waals surface area contributed by atoms with Gasteiger partial charge in [-0.15, -0.1) is 0 Å². The van der Waals surface area contributed by atoms with Crippen LogP contribution >= 0.6 is 0 Å². The molecule has 1 aliphatic carbocycles. The largest absolute Gasteiger partial charge is 0.395 e. The zero-order valence-corrected chi connectivity index (χ0v) is 9.49. The van der Waals surface area contributed by atoms with E-state index in [1.165, 1.54) is 0 Å². The molecule has 1 saturated carbocycles. The average Bonchev–Trinajstić information content (AvgIpc) is 2.21. The van der Waals surface area contributed by atoms with Gasteiger partial charge in [0.2, 0.25) is 0 Å². The molecular formula is C11H21F2NO2. The molecule has 0 amide bonds. The fourth-order valence-corrected chi connectivity index (χ4v) is 2.33. The lowest BCUT2D eigenvalue weighted by atomic mass is 9.86. The molecule has 0 heterocycles. The Bertz CT molecular complexity index is 193. The fourth-order valence-electron chi connectivity index (χ4n) is 2.33. The number of nitrogens with zero attached hydrogens (tertiary/aromatic N) is 1. The van der Waals surface area contributed by atoms with Gasteiger partial charge in [0, 0.05) is 13.1 Å². The Balaban J connectivity index is 2.39. The second kappa shape index (κ2) is 7.14. The summed E-state index contributed by atoms with van der Waals surface area (Å²) >= 11 is 0. The van der Waals surface area contributed by atoms with Crippen molar-refractivity contribution in [2.45, 2.75) is 38.2 Å². The highest BCUT2D eigenvalue weighted by Gasteiger charge is 2.25. The number of aliphatic hydroxyl groups is 2. The van der Waals surface area contributed by atoms with E-state index in [1.54, 1.807) is 4.90 Å². The zero-order chi connectivity index (χ0) is 12.0. The highest BCUT2D eigenvalue weighted by Crippen LogP contribution is 2.25. The van der Waals surface area contributed by atoms with Gasteiger partial charge < -0.3 is 10.2 Å². The molecule has 0 saturated heterocycles. The van der Waals surface area contributed by atoms with Crippen molar-refractivity contribution in [3.63, 3.8) is 0 Å². The summed E-state index contributed by atoms with van der Waals surface area (Å²) in [5, 5.41) is 18.5. The lowest BCUT2D eigenvalue weighted by Gasteiger charge is -2.32. The van der Waals surface area contributed by atoms with Crippen molar-refractivity contribution in [2.75, 3.05) is 26.2 Å². The number of aliphatic hydroxyl groups excluding tert-OH is 2. The van der Waals surface area contributed by atoms with Gasteiger partial charge in [0.1, 0.15) is 0 Å². The molecule has 0 spiro atoms. The van der Waals surface area contributed by atoms with Crippen molar-refractivity contribution in [3.05, 3.63) is 0 Å². The van der Waals surface area contributed by atoms with E-state index in [1.807, 2.05) is 0 Å². The van der Waals surface area contributed by atoms with E-state index >= 15 is 0 Å². The molecule has 3 nitrogen and oxygen atoms in total. The first-order valence-electron chi connectivity index (χ1n) is 5.93. The third kappa shape index (κ3) is 4.72. The lowest BCUT2D eigenvalue weighted by molar-refractivity contribution is 0.0214. The summed E-state index contributed by atoms with van der Waals surface area (Å²) in [6.07, 6.45) is 0.994. The Morgan fingerprint density at radius 1 is 1.25 bits per heavy atom. The van der Waals surface area contributed by atoms with E-state index in [4.69, 9.17) is 5.11 Å². The smallest absolute Gasteiger partial charge is 0.251 e. The Kier molecular flexibility index (Phi) is 6.16. The highest BCUT2D eigenvalue weighted by molar-refractivity contribution is 4.77. The molecule has 1 fully saturated rings. The Labute approximate surface area is 95.1 Å². The number of alkyl halides is 2. The fraction of sp³-hybridized carbons (Fsp3) is 1.00. The first kappa shape index (κ1) is 13.8.